The van der Waals surface area contributed by atoms with E-state index in [1.165, 1.54) is 109 Å². The van der Waals surface area contributed by atoms with Gasteiger partial charge in [-0.2, -0.15) is 0 Å². The lowest BCUT2D eigenvalue weighted by molar-refractivity contribution is 1.62. The van der Waals surface area contributed by atoms with Crippen molar-refractivity contribution in [1.29, 1.82) is 0 Å². The molecule has 0 heteroatoms. The largest absolute Gasteiger partial charge is 0.0616 e. The second-order valence-corrected chi connectivity index (χ2v) is 14.5. The van der Waals surface area contributed by atoms with Crippen LogP contribution < -0.4 is 0 Å². The minimum atomic E-state index is 1.22. The zero-order chi connectivity index (χ0) is 35.6. The van der Waals surface area contributed by atoms with Crippen LogP contribution in [0.3, 0.4) is 0 Å². The predicted octanol–water partition coefficient (Wildman–Crippen LogP) is 15.3. The van der Waals surface area contributed by atoms with E-state index >= 15 is 0 Å². The van der Waals surface area contributed by atoms with E-state index in [0.29, 0.717) is 0 Å². The zero-order valence-electron chi connectivity index (χ0n) is 29.6. The van der Waals surface area contributed by atoms with Crippen molar-refractivity contribution in [2.24, 2.45) is 0 Å². The maximum Gasteiger partial charge on any atom is -0.00928 e. The minimum Gasteiger partial charge on any atom is -0.0616 e. The van der Waals surface area contributed by atoms with Crippen molar-refractivity contribution in [3.05, 3.63) is 206 Å². The first-order valence-corrected chi connectivity index (χ1v) is 18.7. The maximum atomic E-state index is 2.39. The summed E-state index contributed by atoms with van der Waals surface area (Å²) < 4.78 is 0. The summed E-state index contributed by atoms with van der Waals surface area (Å²) in [7, 11) is 0. The molecular formula is C54H34. The fourth-order valence-corrected chi connectivity index (χ4v) is 8.54. The molecule has 0 saturated heterocycles. The highest BCUT2D eigenvalue weighted by Crippen LogP contribution is 2.40. The van der Waals surface area contributed by atoms with Gasteiger partial charge in [0.05, 0.1) is 0 Å². The van der Waals surface area contributed by atoms with Crippen LogP contribution in [0.5, 0.6) is 0 Å². The van der Waals surface area contributed by atoms with Gasteiger partial charge in [-0.25, -0.2) is 0 Å². The maximum absolute atomic E-state index is 2.39. The Morgan fingerprint density at radius 2 is 0.444 bits per heavy atom. The van der Waals surface area contributed by atoms with Gasteiger partial charge in [0.1, 0.15) is 0 Å². The van der Waals surface area contributed by atoms with E-state index in [4.69, 9.17) is 0 Å². The summed E-state index contributed by atoms with van der Waals surface area (Å²) in [5, 5.41) is 15.3. The number of benzene rings is 11. The summed E-state index contributed by atoms with van der Waals surface area (Å²) in [4.78, 5) is 0. The summed E-state index contributed by atoms with van der Waals surface area (Å²) >= 11 is 0. The van der Waals surface area contributed by atoms with Gasteiger partial charge in [0.25, 0.3) is 0 Å². The van der Waals surface area contributed by atoms with Gasteiger partial charge < -0.3 is 0 Å². The van der Waals surface area contributed by atoms with Gasteiger partial charge in [-0.3, -0.25) is 0 Å². The van der Waals surface area contributed by atoms with E-state index in [1.807, 2.05) is 0 Å². The van der Waals surface area contributed by atoms with E-state index < -0.39 is 0 Å². The van der Waals surface area contributed by atoms with Crippen LogP contribution in [0.4, 0.5) is 0 Å². The van der Waals surface area contributed by atoms with Crippen LogP contribution in [0.25, 0.3) is 109 Å². The molecule has 0 aliphatic carbocycles. The molecular weight excluding hydrogens is 649 g/mol. The Morgan fingerprint density at radius 3 is 0.889 bits per heavy atom. The standard InChI is InChI=1S/C54H34/c1-3-10-37-28-41(18-16-35(37)8-1)39-12-7-13-40(30-39)47-24-26-51-52-27-25-48(34-54(52)50-15-6-5-14-49(50)53(51)33-47)46-23-22-44-31-43(20-21-45(44)32-46)42-19-17-36-9-2-4-11-38(36)29-42/h1-34H. The monoisotopic (exact) mass is 682 g/mol. The van der Waals surface area contributed by atoms with Crippen LogP contribution in [-0.4, -0.2) is 0 Å². The third-order valence-corrected chi connectivity index (χ3v) is 11.4. The molecule has 0 fully saturated rings. The third-order valence-electron chi connectivity index (χ3n) is 11.4. The Kier molecular flexibility index (Phi) is 6.97. The molecule has 11 rings (SSSR count). The van der Waals surface area contributed by atoms with Crippen LogP contribution in [0.1, 0.15) is 0 Å². The van der Waals surface area contributed by atoms with E-state index in [-0.39, 0.29) is 0 Å². The van der Waals surface area contributed by atoms with Crippen molar-refractivity contribution in [3.63, 3.8) is 0 Å². The van der Waals surface area contributed by atoms with Gasteiger partial charge in [-0.05, 0) is 152 Å². The van der Waals surface area contributed by atoms with Crippen LogP contribution in [0.2, 0.25) is 0 Å². The van der Waals surface area contributed by atoms with Crippen molar-refractivity contribution in [1.82, 2.24) is 0 Å². The molecule has 0 spiro atoms. The fraction of sp³-hybridized carbons (Fsp3) is 0. The van der Waals surface area contributed by atoms with Gasteiger partial charge >= 0.3 is 0 Å². The number of fused-ring (bicyclic) bond motifs is 9. The van der Waals surface area contributed by atoms with Crippen LogP contribution >= 0.6 is 0 Å². The molecule has 0 aromatic heterocycles. The summed E-state index contributed by atoms with van der Waals surface area (Å²) in [5.74, 6) is 0. The molecule has 11 aromatic carbocycles. The molecule has 0 bridgehead atoms. The normalized spacial score (nSPS) is 11.7. The lowest BCUT2D eigenvalue weighted by Crippen LogP contribution is -1.87. The van der Waals surface area contributed by atoms with Crippen molar-refractivity contribution in [2.75, 3.05) is 0 Å². The van der Waals surface area contributed by atoms with E-state index in [0.717, 1.165) is 0 Å². The molecule has 0 N–H and O–H groups in total. The second kappa shape index (κ2) is 12.3. The van der Waals surface area contributed by atoms with Crippen LogP contribution in [0, 0.1) is 0 Å². The van der Waals surface area contributed by atoms with E-state index in [9.17, 15) is 0 Å². The summed E-state index contributed by atoms with van der Waals surface area (Å²) in [5.41, 5.74) is 9.87. The predicted molar refractivity (Wildman–Crippen MR) is 233 cm³/mol. The molecule has 11 aromatic rings. The van der Waals surface area contributed by atoms with Gasteiger partial charge in [0.2, 0.25) is 0 Å². The first-order valence-electron chi connectivity index (χ1n) is 18.7. The lowest BCUT2D eigenvalue weighted by atomic mass is 9.89. The molecule has 0 atom stereocenters. The quantitative estimate of drug-likeness (QED) is 0.162. The molecule has 54 heavy (non-hydrogen) atoms. The highest BCUT2D eigenvalue weighted by Gasteiger charge is 2.13. The Balaban J connectivity index is 0.977. The molecule has 0 amide bonds. The highest BCUT2D eigenvalue weighted by atomic mass is 14.2. The van der Waals surface area contributed by atoms with Gasteiger partial charge in [0.15, 0.2) is 0 Å². The fourth-order valence-electron chi connectivity index (χ4n) is 8.54. The summed E-state index contributed by atoms with van der Waals surface area (Å²) in [6.07, 6.45) is 0. The summed E-state index contributed by atoms with van der Waals surface area (Å²) in [6.45, 7) is 0. The van der Waals surface area contributed by atoms with Crippen molar-refractivity contribution >= 4 is 64.6 Å². The van der Waals surface area contributed by atoms with Gasteiger partial charge in [-0.1, -0.05) is 164 Å². The molecule has 0 aliphatic rings. The van der Waals surface area contributed by atoms with Crippen molar-refractivity contribution in [3.8, 4) is 44.5 Å². The molecule has 250 valence electrons. The van der Waals surface area contributed by atoms with Crippen LogP contribution in [0.15, 0.2) is 206 Å². The Bertz CT molecular complexity index is 3250. The lowest BCUT2D eigenvalue weighted by Gasteiger charge is -2.14. The first kappa shape index (κ1) is 30.6. The molecule has 0 unspecified atom stereocenters. The van der Waals surface area contributed by atoms with Gasteiger partial charge in [-0.15, -0.1) is 0 Å². The number of hydrogen-bond donors (Lipinski definition) is 0. The van der Waals surface area contributed by atoms with E-state index in [2.05, 4.69) is 206 Å². The minimum absolute atomic E-state index is 1.22. The number of rotatable bonds is 4. The Labute approximate surface area is 314 Å². The average Bonchev–Trinajstić information content (AvgIpc) is 3.25. The SMILES string of the molecule is c1cc(-c2ccc3ccccc3c2)cc(-c2ccc3c4ccc(-c5ccc6cc(-c7ccc8ccccc8c7)ccc6c5)cc4c4ccccc4c3c2)c1. The smallest absolute Gasteiger partial charge is 0.00928 e. The average molecular weight is 683 g/mol. The zero-order valence-corrected chi connectivity index (χ0v) is 29.6. The number of hydrogen-bond acceptors (Lipinski definition) is 0. The Hall–Kier alpha value is -7.02. The molecule has 0 saturated carbocycles. The van der Waals surface area contributed by atoms with Crippen LogP contribution in [-0.2, 0) is 0 Å². The third kappa shape index (κ3) is 5.15. The van der Waals surface area contributed by atoms with E-state index in [1.54, 1.807) is 0 Å². The summed E-state index contributed by atoms with van der Waals surface area (Å²) in [6, 6.07) is 76.2. The van der Waals surface area contributed by atoms with Crippen molar-refractivity contribution < 1.29 is 0 Å². The molecule has 0 aliphatic heterocycles. The first-order chi connectivity index (χ1) is 26.7. The topological polar surface area (TPSA) is 0 Å². The Morgan fingerprint density at radius 1 is 0.148 bits per heavy atom. The molecule has 0 nitrogen and oxygen atoms in total. The van der Waals surface area contributed by atoms with Gasteiger partial charge in [0, 0.05) is 0 Å². The second-order valence-electron chi connectivity index (χ2n) is 14.5. The molecule has 0 heterocycles. The molecule has 0 radical (unpaired) electrons. The van der Waals surface area contributed by atoms with Crippen molar-refractivity contribution in [2.45, 2.75) is 0 Å². The highest BCUT2D eigenvalue weighted by molar-refractivity contribution is 6.26.